The number of likely N-dealkylation sites (N-methyl/N-ethyl adjacent to an activating group) is 1. The van der Waals surface area contributed by atoms with Gasteiger partial charge in [0.05, 0.1) is 16.6 Å². The number of nitrogens with one attached hydrogen (secondary N) is 1. The Kier molecular flexibility index (Phi) is 5.68. The number of hydrogen-bond acceptors (Lipinski definition) is 6. The van der Waals surface area contributed by atoms with Gasteiger partial charge in [0, 0.05) is 48.9 Å². The zero-order valence-corrected chi connectivity index (χ0v) is 17.8. The molecule has 3 aromatic rings. The van der Waals surface area contributed by atoms with Crippen LogP contribution < -0.4 is 15.8 Å². The van der Waals surface area contributed by atoms with Crippen LogP contribution in [0.2, 0.25) is 0 Å². The van der Waals surface area contributed by atoms with Crippen LogP contribution in [0.5, 0.6) is 5.88 Å². The molecule has 31 heavy (non-hydrogen) atoms. The third-order valence-corrected chi connectivity index (χ3v) is 6.37. The van der Waals surface area contributed by atoms with Crippen LogP contribution in [0, 0.1) is 0 Å². The van der Waals surface area contributed by atoms with E-state index in [-0.39, 0.29) is 21.6 Å². The van der Waals surface area contributed by atoms with Crippen molar-refractivity contribution in [2.24, 2.45) is 4.99 Å². The molecule has 0 bridgehead atoms. The first kappa shape index (κ1) is 21.3. The third-order valence-electron chi connectivity index (χ3n) is 5.42. The van der Waals surface area contributed by atoms with Gasteiger partial charge < -0.3 is 24.7 Å². The summed E-state index contributed by atoms with van der Waals surface area (Å²) in [5.41, 5.74) is 1.37. The number of fused-ring (bicyclic) bond motifs is 1. The summed E-state index contributed by atoms with van der Waals surface area (Å²) in [5.74, 6) is -0.418. The van der Waals surface area contributed by atoms with Gasteiger partial charge in [0.1, 0.15) is 0 Å². The van der Waals surface area contributed by atoms with Gasteiger partial charge in [0.2, 0.25) is 5.88 Å². The topological polar surface area (TPSA) is 129 Å². The van der Waals surface area contributed by atoms with Crippen LogP contribution >= 0.6 is 7.60 Å². The van der Waals surface area contributed by atoms with Crippen LogP contribution in [0.3, 0.4) is 0 Å². The SMILES string of the molecule is CN1CCN(c2ccc(N=Cc3c(O)[nH]c(=O)c4ccc(P(=O)(O)O)cc34)cc2)CC1. The molecule has 1 aromatic heterocycles. The Morgan fingerprint density at radius 1 is 1.03 bits per heavy atom. The molecule has 2 aromatic carbocycles. The summed E-state index contributed by atoms with van der Waals surface area (Å²) in [4.78, 5) is 42.4. The average Bonchev–Trinajstić information content (AvgIpc) is 2.73. The minimum Gasteiger partial charge on any atom is -0.494 e. The number of rotatable bonds is 4. The van der Waals surface area contributed by atoms with Gasteiger partial charge in [-0.3, -0.25) is 19.3 Å². The summed E-state index contributed by atoms with van der Waals surface area (Å²) < 4.78 is 11.6. The van der Waals surface area contributed by atoms with E-state index in [0.29, 0.717) is 5.69 Å². The van der Waals surface area contributed by atoms with Crippen LogP contribution in [0.15, 0.2) is 52.3 Å². The normalized spacial score (nSPS) is 15.8. The highest BCUT2D eigenvalue weighted by molar-refractivity contribution is 7.60. The van der Waals surface area contributed by atoms with E-state index in [1.807, 2.05) is 24.3 Å². The number of piperazine rings is 1. The van der Waals surface area contributed by atoms with Gasteiger partial charge in [-0.25, -0.2) is 0 Å². The van der Waals surface area contributed by atoms with Gasteiger partial charge in [-0.15, -0.1) is 0 Å². The fraction of sp³-hybridized carbons (Fsp3) is 0.238. The van der Waals surface area contributed by atoms with E-state index in [4.69, 9.17) is 0 Å². The van der Waals surface area contributed by atoms with Gasteiger partial charge in [-0.05, 0) is 49.5 Å². The molecule has 4 N–H and O–H groups in total. The zero-order chi connectivity index (χ0) is 22.2. The molecule has 10 heteroatoms. The number of nitrogens with zero attached hydrogens (tertiary/aromatic N) is 3. The minimum absolute atomic E-state index is 0.174. The fourth-order valence-corrected chi connectivity index (χ4v) is 4.15. The first-order valence-corrected chi connectivity index (χ1v) is 11.4. The highest BCUT2D eigenvalue weighted by Gasteiger charge is 2.19. The second-order valence-corrected chi connectivity index (χ2v) is 9.16. The molecule has 0 saturated carbocycles. The summed E-state index contributed by atoms with van der Waals surface area (Å²) in [5, 5.41) is 10.4. The van der Waals surface area contributed by atoms with Crippen molar-refractivity contribution in [2.45, 2.75) is 0 Å². The number of anilines is 1. The maximum absolute atomic E-state index is 12.1. The smallest absolute Gasteiger partial charge is 0.356 e. The highest BCUT2D eigenvalue weighted by Crippen LogP contribution is 2.34. The Bertz CT molecular complexity index is 1240. The maximum Gasteiger partial charge on any atom is 0.356 e. The second kappa shape index (κ2) is 8.28. The first-order valence-electron chi connectivity index (χ1n) is 9.75. The predicted octanol–water partition coefficient (Wildman–Crippen LogP) is 1.54. The Hall–Kier alpha value is -2.97. The molecule has 2 heterocycles. The molecule has 162 valence electrons. The maximum atomic E-state index is 12.1. The van der Waals surface area contributed by atoms with E-state index in [2.05, 4.69) is 26.8 Å². The number of aromatic hydroxyl groups is 1. The summed E-state index contributed by atoms with van der Waals surface area (Å²) >= 11 is 0. The van der Waals surface area contributed by atoms with Crippen molar-refractivity contribution in [3.8, 4) is 5.88 Å². The lowest BCUT2D eigenvalue weighted by molar-refractivity contribution is 0.313. The Labute approximate surface area is 178 Å². The Morgan fingerprint density at radius 2 is 1.71 bits per heavy atom. The lowest BCUT2D eigenvalue weighted by Crippen LogP contribution is -2.44. The molecule has 9 nitrogen and oxygen atoms in total. The quantitative estimate of drug-likeness (QED) is 0.356. The van der Waals surface area contributed by atoms with Crippen molar-refractivity contribution >= 4 is 41.3 Å². The summed E-state index contributed by atoms with van der Waals surface area (Å²) in [6.45, 7) is 3.93. The Balaban J connectivity index is 1.66. The number of benzene rings is 2. The summed E-state index contributed by atoms with van der Waals surface area (Å²) in [7, 11) is -2.41. The van der Waals surface area contributed by atoms with Crippen LogP contribution in [0.25, 0.3) is 10.8 Å². The monoisotopic (exact) mass is 442 g/mol. The van der Waals surface area contributed by atoms with Crippen molar-refractivity contribution in [3.63, 3.8) is 0 Å². The molecule has 0 amide bonds. The van der Waals surface area contributed by atoms with Gasteiger partial charge in [-0.1, -0.05) is 0 Å². The minimum atomic E-state index is -4.52. The lowest BCUT2D eigenvalue weighted by Gasteiger charge is -2.34. The van der Waals surface area contributed by atoms with Crippen LogP contribution in [-0.4, -0.2) is 64.2 Å². The number of aliphatic imine (C=N–C) groups is 1. The van der Waals surface area contributed by atoms with E-state index in [1.54, 1.807) is 0 Å². The summed E-state index contributed by atoms with van der Waals surface area (Å²) in [6, 6.07) is 11.4. The van der Waals surface area contributed by atoms with Crippen molar-refractivity contribution in [1.82, 2.24) is 9.88 Å². The van der Waals surface area contributed by atoms with Crippen molar-refractivity contribution in [1.29, 1.82) is 0 Å². The molecule has 0 unspecified atom stereocenters. The largest absolute Gasteiger partial charge is 0.494 e. The van der Waals surface area contributed by atoms with Crippen molar-refractivity contribution in [2.75, 3.05) is 38.1 Å². The highest BCUT2D eigenvalue weighted by atomic mass is 31.2. The second-order valence-electron chi connectivity index (χ2n) is 7.56. The van der Waals surface area contributed by atoms with Gasteiger partial charge in [0.15, 0.2) is 0 Å². The molecule has 0 aliphatic carbocycles. The van der Waals surface area contributed by atoms with Crippen molar-refractivity contribution in [3.05, 3.63) is 58.4 Å². The van der Waals surface area contributed by atoms with Gasteiger partial charge in [0.25, 0.3) is 5.56 Å². The molecule has 0 radical (unpaired) electrons. The fourth-order valence-electron chi connectivity index (χ4n) is 3.59. The number of hydrogen-bond donors (Lipinski definition) is 4. The number of aromatic nitrogens is 1. The van der Waals surface area contributed by atoms with E-state index < -0.39 is 19.0 Å². The molecule has 0 spiro atoms. The van der Waals surface area contributed by atoms with Gasteiger partial charge >= 0.3 is 7.60 Å². The predicted molar refractivity (Wildman–Crippen MR) is 121 cm³/mol. The lowest BCUT2D eigenvalue weighted by atomic mass is 10.1. The molecular formula is C21H23N4O5P. The molecule has 1 saturated heterocycles. The number of aromatic amines is 1. The molecule has 1 fully saturated rings. The number of H-pyrrole nitrogens is 1. The van der Waals surface area contributed by atoms with Crippen LogP contribution in [-0.2, 0) is 4.57 Å². The molecule has 1 aliphatic heterocycles. The standard InChI is InChI=1S/C21H23N4O5P/c1-24-8-10-25(11-9-24)15-4-2-14(3-5-15)22-13-19-18-12-16(31(28,29)30)6-7-17(18)20(26)23-21(19)27/h2-7,12-13H,8-11H2,1H3,(H2,23,26,27)(H2,28,29,30). The van der Waals surface area contributed by atoms with Crippen LogP contribution in [0.1, 0.15) is 5.56 Å². The van der Waals surface area contributed by atoms with E-state index in [1.165, 1.54) is 24.4 Å². The molecule has 0 atom stereocenters. The van der Waals surface area contributed by atoms with E-state index in [0.717, 1.165) is 31.9 Å². The van der Waals surface area contributed by atoms with E-state index in [9.17, 15) is 24.3 Å². The van der Waals surface area contributed by atoms with Crippen molar-refractivity contribution < 1.29 is 19.5 Å². The molecule has 4 rings (SSSR count). The van der Waals surface area contributed by atoms with Gasteiger partial charge in [-0.2, -0.15) is 0 Å². The molecular weight excluding hydrogens is 419 g/mol. The molecule has 1 aliphatic rings. The first-order chi connectivity index (χ1) is 14.7. The van der Waals surface area contributed by atoms with Crippen LogP contribution in [0.4, 0.5) is 11.4 Å². The third kappa shape index (κ3) is 4.55. The average molecular weight is 442 g/mol. The van der Waals surface area contributed by atoms with E-state index >= 15 is 0 Å². The zero-order valence-electron chi connectivity index (χ0n) is 16.9. The Morgan fingerprint density at radius 3 is 2.35 bits per heavy atom. The summed E-state index contributed by atoms with van der Waals surface area (Å²) in [6.07, 6.45) is 1.38. The number of pyridine rings is 1.